The Bertz CT molecular complexity index is 496. The van der Waals surface area contributed by atoms with E-state index in [9.17, 15) is 4.79 Å². The van der Waals surface area contributed by atoms with Crippen molar-refractivity contribution in [3.63, 3.8) is 0 Å². The Hall–Kier alpha value is -1.41. The van der Waals surface area contributed by atoms with Gasteiger partial charge in [-0.2, -0.15) is 0 Å². The molecular formula is C10H13N5OS2. The van der Waals surface area contributed by atoms with Crippen LogP contribution in [0.15, 0.2) is 22.7 Å². The number of carbonyl (C=O) groups excluding carboxylic acids is 1. The lowest BCUT2D eigenvalue weighted by Crippen LogP contribution is -2.20. The first-order valence-electron chi connectivity index (χ1n) is 5.41. The van der Waals surface area contributed by atoms with Gasteiger partial charge in [-0.15, -0.1) is 16.4 Å². The monoisotopic (exact) mass is 283 g/mol. The Morgan fingerprint density at radius 3 is 3.22 bits per heavy atom. The molecule has 0 aromatic carbocycles. The van der Waals surface area contributed by atoms with Gasteiger partial charge in [-0.05, 0) is 21.9 Å². The standard InChI is InChI=1S/C10H13N5OS2/c1-11-9(16)7-18-10-12-13-14-15(10)5-4-8-3-2-6-17-8/h2-3,6H,4-5,7H2,1H3,(H,11,16). The maximum absolute atomic E-state index is 11.2. The van der Waals surface area contributed by atoms with Crippen LogP contribution in [0.4, 0.5) is 0 Å². The Balaban J connectivity index is 1.89. The van der Waals surface area contributed by atoms with Gasteiger partial charge in [0.2, 0.25) is 11.1 Å². The predicted octanol–water partition coefficient (Wildman–Crippen LogP) is 0.815. The summed E-state index contributed by atoms with van der Waals surface area (Å²) >= 11 is 3.06. The second-order valence-corrected chi connectivity index (χ2v) is 5.45. The third-order valence-corrected chi connectivity index (χ3v) is 4.15. The lowest BCUT2D eigenvalue weighted by molar-refractivity contribution is -0.118. The Morgan fingerprint density at radius 1 is 1.61 bits per heavy atom. The Morgan fingerprint density at radius 2 is 2.50 bits per heavy atom. The van der Waals surface area contributed by atoms with E-state index in [4.69, 9.17) is 0 Å². The van der Waals surface area contributed by atoms with Crippen LogP contribution in [0.5, 0.6) is 0 Å². The Labute approximate surface area is 113 Å². The molecule has 0 saturated heterocycles. The molecule has 0 spiro atoms. The van der Waals surface area contributed by atoms with E-state index < -0.39 is 0 Å². The molecule has 0 fully saturated rings. The quantitative estimate of drug-likeness (QED) is 0.794. The van der Waals surface area contributed by atoms with Gasteiger partial charge >= 0.3 is 0 Å². The van der Waals surface area contributed by atoms with E-state index in [1.54, 1.807) is 23.1 Å². The van der Waals surface area contributed by atoms with Gasteiger partial charge in [-0.25, -0.2) is 4.68 Å². The minimum Gasteiger partial charge on any atom is -0.358 e. The summed E-state index contributed by atoms with van der Waals surface area (Å²) in [6.07, 6.45) is 0.899. The summed E-state index contributed by atoms with van der Waals surface area (Å²) in [4.78, 5) is 12.5. The van der Waals surface area contributed by atoms with E-state index in [0.717, 1.165) is 13.0 Å². The number of hydrogen-bond acceptors (Lipinski definition) is 6. The van der Waals surface area contributed by atoms with Crippen molar-refractivity contribution >= 4 is 29.0 Å². The molecule has 0 atom stereocenters. The third-order valence-electron chi connectivity index (χ3n) is 2.26. The zero-order valence-electron chi connectivity index (χ0n) is 9.87. The van der Waals surface area contributed by atoms with E-state index in [2.05, 4.69) is 32.3 Å². The summed E-state index contributed by atoms with van der Waals surface area (Å²) in [7, 11) is 1.61. The number of nitrogens with one attached hydrogen (secondary N) is 1. The van der Waals surface area contributed by atoms with Crippen molar-refractivity contribution in [2.24, 2.45) is 0 Å². The van der Waals surface area contributed by atoms with Gasteiger partial charge in [0, 0.05) is 18.3 Å². The van der Waals surface area contributed by atoms with Crippen LogP contribution in [0.3, 0.4) is 0 Å². The molecule has 96 valence electrons. The van der Waals surface area contributed by atoms with Crippen LogP contribution in [0.25, 0.3) is 0 Å². The van der Waals surface area contributed by atoms with Crippen molar-refractivity contribution in [2.45, 2.75) is 18.1 Å². The topological polar surface area (TPSA) is 72.7 Å². The number of thiophene rings is 1. The fourth-order valence-corrected chi connectivity index (χ4v) is 2.79. The predicted molar refractivity (Wildman–Crippen MR) is 70.6 cm³/mol. The molecule has 0 aliphatic heterocycles. The van der Waals surface area contributed by atoms with Crippen LogP contribution in [0.1, 0.15) is 4.88 Å². The number of thioether (sulfide) groups is 1. The highest BCUT2D eigenvalue weighted by atomic mass is 32.2. The average molecular weight is 283 g/mol. The molecule has 0 unspecified atom stereocenters. The first-order valence-corrected chi connectivity index (χ1v) is 7.28. The largest absolute Gasteiger partial charge is 0.358 e. The molecule has 2 heterocycles. The number of carbonyl (C=O) groups is 1. The number of aryl methyl sites for hydroxylation is 2. The number of tetrazole rings is 1. The van der Waals surface area contributed by atoms with E-state index in [1.165, 1.54) is 16.6 Å². The SMILES string of the molecule is CNC(=O)CSc1nnnn1CCc1cccs1. The highest BCUT2D eigenvalue weighted by Gasteiger charge is 2.09. The number of aromatic nitrogens is 4. The molecule has 6 nitrogen and oxygen atoms in total. The summed E-state index contributed by atoms with van der Waals surface area (Å²) in [5.41, 5.74) is 0. The van der Waals surface area contributed by atoms with Crippen LogP contribution in [0, 0.1) is 0 Å². The fourth-order valence-electron chi connectivity index (χ4n) is 1.31. The van der Waals surface area contributed by atoms with Gasteiger partial charge < -0.3 is 5.32 Å². The molecule has 2 aromatic rings. The number of amides is 1. The second-order valence-electron chi connectivity index (χ2n) is 3.48. The van der Waals surface area contributed by atoms with E-state index in [-0.39, 0.29) is 5.91 Å². The molecule has 2 aromatic heterocycles. The van der Waals surface area contributed by atoms with Gasteiger partial charge in [0.05, 0.1) is 12.3 Å². The van der Waals surface area contributed by atoms with Crippen molar-refractivity contribution in [3.05, 3.63) is 22.4 Å². The maximum atomic E-state index is 11.2. The Kier molecular flexibility index (Phi) is 4.71. The van der Waals surface area contributed by atoms with Crippen molar-refractivity contribution < 1.29 is 4.79 Å². The molecule has 0 radical (unpaired) electrons. The molecule has 0 saturated carbocycles. The molecule has 18 heavy (non-hydrogen) atoms. The molecule has 8 heteroatoms. The highest BCUT2D eigenvalue weighted by Crippen LogP contribution is 2.15. The number of nitrogens with zero attached hydrogens (tertiary/aromatic N) is 4. The summed E-state index contributed by atoms with van der Waals surface area (Å²) in [6.45, 7) is 0.726. The van der Waals surface area contributed by atoms with Crippen molar-refractivity contribution in [3.8, 4) is 0 Å². The van der Waals surface area contributed by atoms with Gasteiger partial charge in [0.15, 0.2) is 0 Å². The van der Waals surface area contributed by atoms with Gasteiger partial charge in [0.1, 0.15) is 0 Å². The first-order chi connectivity index (χ1) is 8.79. The molecule has 0 bridgehead atoms. The van der Waals surface area contributed by atoms with Crippen molar-refractivity contribution in [1.29, 1.82) is 0 Å². The average Bonchev–Trinajstić information content (AvgIpc) is 3.04. The normalized spacial score (nSPS) is 10.5. The molecule has 0 aliphatic carbocycles. The van der Waals surface area contributed by atoms with Crippen LogP contribution in [-0.2, 0) is 17.8 Å². The van der Waals surface area contributed by atoms with Crippen LogP contribution in [0.2, 0.25) is 0 Å². The smallest absolute Gasteiger partial charge is 0.230 e. The van der Waals surface area contributed by atoms with Gasteiger partial charge in [0.25, 0.3) is 0 Å². The van der Waals surface area contributed by atoms with Gasteiger partial charge in [-0.3, -0.25) is 4.79 Å². The molecule has 0 aliphatic rings. The lowest BCUT2D eigenvalue weighted by Gasteiger charge is -2.02. The molecular weight excluding hydrogens is 270 g/mol. The molecule has 1 N–H and O–H groups in total. The minimum atomic E-state index is -0.0344. The zero-order valence-corrected chi connectivity index (χ0v) is 11.5. The van der Waals surface area contributed by atoms with Crippen LogP contribution >= 0.6 is 23.1 Å². The second kappa shape index (κ2) is 6.50. The lowest BCUT2D eigenvalue weighted by atomic mass is 10.3. The van der Waals surface area contributed by atoms with Crippen LogP contribution in [-0.4, -0.2) is 38.9 Å². The summed E-state index contributed by atoms with van der Waals surface area (Å²) in [5.74, 6) is 0.295. The van der Waals surface area contributed by atoms with Crippen molar-refractivity contribution in [1.82, 2.24) is 25.5 Å². The van der Waals surface area contributed by atoms with Crippen molar-refractivity contribution in [2.75, 3.05) is 12.8 Å². The van der Waals surface area contributed by atoms with E-state index in [0.29, 0.717) is 10.9 Å². The van der Waals surface area contributed by atoms with Crippen LogP contribution < -0.4 is 5.32 Å². The third kappa shape index (κ3) is 3.54. The highest BCUT2D eigenvalue weighted by molar-refractivity contribution is 7.99. The summed E-state index contributed by atoms with van der Waals surface area (Å²) in [6, 6.07) is 4.12. The number of hydrogen-bond donors (Lipinski definition) is 1. The van der Waals surface area contributed by atoms with E-state index >= 15 is 0 Å². The van der Waals surface area contributed by atoms with Gasteiger partial charge in [-0.1, -0.05) is 17.8 Å². The minimum absolute atomic E-state index is 0.0344. The molecule has 2 rings (SSSR count). The maximum Gasteiger partial charge on any atom is 0.230 e. The molecule has 1 amide bonds. The van der Waals surface area contributed by atoms with E-state index in [1.807, 2.05) is 6.07 Å². The summed E-state index contributed by atoms with van der Waals surface area (Å²) in [5, 5.41) is 16.8. The number of rotatable bonds is 6. The first kappa shape index (κ1) is 13.0. The zero-order chi connectivity index (χ0) is 12.8. The fraction of sp³-hybridized carbons (Fsp3) is 0.400. The summed E-state index contributed by atoms with van der Waals surface area (Å²) < 4.78 is 1.73.